The Labute approximate surface area is 86.1 Å². The van der Waals surface area contributed by atoms with E-state index in [4.69, 9.17) is 15.3 Å². The normalized spacial score (nSPS) is 15.9. The molecule has 0 saturated carbocycles. The van der Waals surface area contributed by atoms with E-state index in [0.717, 1.165) is 0 Å². The van der Waals surface area contributed by atoms with Gasteiger partial charge in [0.25, 0.3) is 6.01 Å². The van der Waals surface area contributed by atoms with Gasteiger partial charge < -0.3 is 20.2 Å². The number of aromatic carboxylic acids is 1. The Morgan fingerprint density at radius 3 is 2.79 bits per heavy atom. The first-order valence-corrected chi connectivity index (χ1v) is 3.86. The molecular formula is C7H10ClN3O3. The smallest absolute Gasteiger partial charge is 0.373 e. The molecule has 7 heteroatoms. The van der Waals surface area contributed by atoms with Gasteiger partial charge in [-0.3, -0.25) is 0 Å². The van der Waals surface area contributed by atoms with Gasteiger partial charge in [-0.1, -0.05) is 0 Å². The van der Waals surface area contributed by atoms with E-state index in [2.05, 4.69) is 4.98 Å². The molecule has 3 N–H and O–H groups in total. The first-order chi connectivity index (χ1) is 6.16. The van der Waals surface area contributed by atoms with Gasteiger partial charge >= 0.3 is 5.97 Å². The molecule has 1 aromatic heterocycles. The lowest BCUT2D eigenvalue weighted by Crippen LogP contribution is -2.56. The van der Waals surface area contributed by atoms with Crippen molar-refractivity contribution >= 4 is 24.4 Å². The zero-order valence-electron chi connectivity index (χ0n) is 7.21. The van der Waals surface area contributed by atoms with Crippen molar-refractivity contribution < 1.29 is 14.3 Å². The molecule has 1 aliphatic rings. The maximum absolute atomic E-state index is 10.4. The molecule has 2 rings (SSSR count). The van der Waals surface area contributed by atoms with Crippen LogP contribution in [0.2, 0.25) is 0 Å². The fourth-order valence-corrected chi connectivity index (χ4v) is 1.18. The summed E-state index contributed by atoms with van der Waals surface area (Å²) in [5.74, 6) is -1.25. The van der Waals surface area contributed by atoms with E-state index in [0.29, 0.717) is 19.1 Å². The average Bonchev–Trinajstić information content (AvgIpc) is 2.46. The summed E-state index contributed by atoms with van der Waals surface area (Å²) < 4.78 is 4.96. The van der Waals surface area contributed by atoms with E-state index < -0.39 is 5.97 Å². The number of hydrogen-bond acceptors (Lipinski definition) is 5. The number of halogens is 1. The maximum Gasteiger partial charge on any atom is 0.373 e. The fraction of sp³-hybridized carbons (Fsp3) is 0.429. The Hall–Kier alpha value is -1.27. The number of oxazole rings is 1. The molecule has 0 aliphatic carbocycles. The molecule has 0 atom stereocenters. The van der Waals surface area contributed by atoms with Gasteiger partial charge in [0.1, 0.15) is 0 Å². The molecule has 0 radical (unpaired) electrons. The van der Waals surface area contributed by atoms with Crippen LogP contribution in [0.3, 0.4) is 0 Å². The molecule has 0 amide bonds. The van der Waals surface area contributed by atoms with Crippen LogP contribution in [0.1, 0.15) is 10.6 Å². The largest absolute Gasteiger partial charge is 0.475 e. The van der Waals surface area contributed by atoms with Gasteiger partial charge in [-0.2, -0.15) is 0 Å². The summed E-state index contributed by atoms with van der Waals surface area (Å²) in [4.78, 5) is 16.0. The Bertz CT molecular complexity index is 335. The van der Waals surface area contributed by atoms with E-state index in [9.17, 15) is 4.79 Å². The van der Waals surface area contributed by atoms with Crippen LogP contribution in [0.15, 0.2) is 10.6 Å². The van der Waals surface area contributed by atoms with E-state index in [1.807, 2.05) is 0 Å². The van der Waals surface area contributed by atoms with Crippen molar-refractivity contribution in [2.45, 2.75) is 6.04 Å². The monoisotopic (exact) mass is 219 g/mol. The van der Waals surface area contributed by atoms with E-state index in [1.54, 1.807) is 4.90 Å². The summed E-state index contributed by atoms with van der Waals surface area (Å²) in [6.45, 7) is 1.33. The summed E-state index contributed by atoms with van der Waals surface area (Å²) in [6.07, 6.45) is 1.20. The molecule has 1 aliphatic heterocycles. The van der Waals surface area contributed by atoms with Crippen molar-refractivity contribution in [1.82, 2.24) is 4.98 Å². The van der Waals surface area contributed by atoms with Crippen LogP contribution in [-0.2, 0) is 0 Å². The number of rotatable bonds is 2. The Balaban J connectivity index is 0.000000980. The highest BCUT2D eigenvalue weighted by molar-refractivity contribution is 5.85. The van der Waals surface area contributed by atoms with E-state index >= 15 is 0 Å². The molecule has 0 bridgehead atoms. The van der Waals surface area contributed by atoms with E-state index in [-0.39, 0.29) is 24.2 Å². The average molecular weight is 220 g/mol. The number of carbonyl (C=O) groups is 1. The summed E-state index contributed by atoms with van der Waals surface area (Å²) in [5.41, 5.74) is 5.55. The molecule has 1 saturated heterocycles. The molecule has 6 nitrogen and oxygen atoms in total. The van der Waals surface area contributed by atoms with Crippen molar-refractivity contribution in [1.29, 1.82) is 0 Å². The van der Waals surface area contributed by atoms with Gasteiger partial charge in [0.15, 0.2) is 0 Å². The topological polar surface area (TPSA) is 92.6 Å². The fourth-order valence-electron chi connectivity index (χ4n) is 1.18. The van der Waals surface area contributed by atoms with Crippen molar-refractivity contribution in [3.8, 4) is 0 Å². The molecule has 0 unspecified atom stereocenters. The van der Waals surface area contributed by atoms with Crippen molar-refractivity contribution in [3.05, 3.63) is 12.0 Å². The molecule has 1 fully saturated rings. The number of carboxylic acid groups (broad SMARTS) is 1. The standard InChI is InChI=1S/C7H9N3O3.ClH/c8-4-2-10(3-4)7-9-1-5(13-7)6(11)12;/h1,4H,2-3,8H2,(H,11,12);1H. The Kier molecular flexibility index (Phi) is 2.97. The zero-order valence-corrected chi connectivity index (χ0v) is 8.03. The number of anilines is 1. The highest BCUT2D eigenvalue weighted by Crippen LogP contribution is 2.19. The number of nitrogens with two attached hydrogens (primary N) is 1. The first kappa shape index (κ1) is 10.8. The van der Waals surface area contributed by atoms with Crippen LogP contribution in [0.5, 0.6) is 0 Å². The molecule has 2 heterocycles. The van der Waals surface area contributed by atoms with Crippen molar-refractivity contribution in [2.24, 2.45) is 5.73 Å². The molecule has 1 aromatic rings. The maximum atomic E-state index is 10.4. The second-order valence-corrected chi connectivity index (χ2v) is 2.98. The Morgan fingerprint density at radius 2 is 2.36 bits per heavy atom. The van der Waals surface area contributed by atoms with Crippen LogP contribution in [0.4, 0.5) is 6.01 Å². The summed E-state index contributed by atoms with van der Waals surface area (Å²) in [5, 5.41) is 8.55. The number of carboxylic acids is 1. The lowest BCUT2D eigenvalue weighted by atomic mass is 10.1. The van der Waals surface area contributed by atoms with Gasteiger partial charge in [0.2, 0.25) is 5.76 Å². The molecule has 78 valence electrons. The van der Waals surface area contributed by atoms with Crippen molar-refractivity contribution in [3.63, 3.8) is 0 Å². The van der Waals surface area contributed by atoms with Gasteiger partial charge in [0, 0.05) is 19.1 Å². The van der Waals surface area contributed by atoms with Crippen LogP contribution >= 0.6 is 12.4 Å². The van der Waals surface area contributed by atoms with Gasteiger partial charge in [-0.05, 0) is 0 Å². The summed E-state index contributed by atoms with van der Waals surface area (Å²) in [7, 11) is 0. The SMILES string of the molecule is Cl.NC1CN(c2ncc(C(=O)O)o2)C1. The number of nitrogens with zero attached hydrogens (tertiary/aromatic N) is 2. The third-order valence-electron chi connectivity index (χ3n) is 1.88. The minimum atomic E-state index is -1.11. The van der Waals surface area contributed by atoms with Crippen molar-refractivity contribution in [2.75, 3.05) is 18.0 Å². The first-order valence-electron chi connectivity index (χ1n) is 3.86. The quantitative estimate of drug-likeness (QED) is 0.724. The third kappa shape index (κ3) is 1.80. The van der Waals surface area contributed by atoms with Crippen LogP contribution in [-0.4, -0.2) is 35.2 Å². The highest BCUT2D eigenvalue weighted by Gasteiger charge is 2.27. The number of hydrogen-bond donors (Lipinski definition) is 2. The molecule has 0 spiro atoms. The second kappa shape index (κ2) is 3.85. The summed E-state index contributed by atoms with van der Waals surface area (Å²) >= 11 is 0. The highest BCUT2D eigenvalue weighted by atomic mass is 35.5. The Morgan fingerprint density at radius 1 is 1.71 bits per heavy atom. The molecular weight excluding hydrogens is 210 g/mol. The predicted molar refractivity (Wildman–Crippen MR) is 50.9 cm³/mol. The van der Waals surface area contributed by atoms with Crippen LogP contribution < -0.4 is 10.6 Å². The summed E-state index contributed by atoms with van der Waals surface area (Å²) in [6, 6.07) is 0.472. The van der Waals surface area contributed by atoms with Crippen LogP contribution in [0, 0.1) is 0 Å². The van der Waals surface area contributed by atoms with Gasteiger partial charge in [0.05, 0.1) is 6.20 Å². The molecule has 0 aromatic carbocycles. The minimum Gasteiger partial charge on any atom is -0.475 e. The van der Waals surface area contributed by atoms with Gasteiger partial charge in [-0.15, -0.1) is 12.4 Å². The third-order valence-corrected chi connectivity index (χ3v) is 1.88. The van der Waals surface area contributed by atoms with E-state index in [1.165, 1.54) is 6.20 Å². The predicted octanol–water partition coefficient (Wildman–Crippen LogP) is -0.0581. The van der Waals surface area contributed by atoms with Crippen LogP contribution in [0.25, 0.3) is 0 Å². The zero-order chi connectivity index (χ0) is 9.42. The molecule has 14 heavy (non-hydrogen) atoms. The second-order valence-electron chi connectivity index (χ2n) is 2.98. The lowest BCUT2D eigenvalue weighted by Gasteiger charge is -2.35. The minimum absolute atomic E-state index is 0. The number of aromatic nitrogens is 1. The van der Waals surface area contributed by atoms with Gasteiger partial charge in [-0.25, -0.2) is 9.78 Å². The lowest BCUT2D eigenvalue weighted by molar-refractivity contribution is 0.0663.